The van der Waals surface area contributed by atoms with E-state index in [-0.39, 0.29) is 10.8 Å². The van der Waals surface area contributed by atoms with Crippen LogP contribution in [-0.2, 0) is 10.0 Å². The van der Waals surface area contributed by atoms with Crippen LogP contribution < -0.4 is 10.9 Å². The molecule has 0 spiro atoms. The number of carbonyl (C=O) groups is 1. The van der Waals surface area contributed by atoms with E-state index >= 15 is 0 Å². The predicted molar refractivity (Wildman–Crippen MR) is 121 cm³/mol. The third-order valence-corrected chi connectivity index (χ3v) is 7.96. The highest BCUT2D eigenvalue weighted by Crippen LogP contribution is 2.30. The molecular weight excluding hydrogens is 410 g/mol. The van der Waals surface area contributed by atoms with Crippen molar-refractivity contribution in [2.24, 2.45) is 0 Å². The van der Waals surface area contributed by atoms with E-state index in [0.717, 1.165) is 44.2 Å². The smallest absolute Gasteiger partial charge is 0.269 e. The summed E-state index contributed by atoms with van der Waals surface area (Å²) in [4.78, 5) is 12.8. The number of hydrogen-bond donors (Lipinski definition) is 2. The highest BCUT2D eigenvalue weighted by atomic mass is 32.2. The summed E-state index contributed by atoms with van der Waals surface area (Å²) in [5, 5.41) is 0. The first kappa shape index (κ1) is 21.6. The molecule has 31 heavy (non-hydrogen) atoms. The summed E-state index contributed by atoms with van der Waals surface area (Å²) in [6.07, 6.45) is 7.73. The molecule has 2 aromatic carbocycles. The maximum atomic E-state index is 12.9. The number of hydrogen-bond acceptors (Lipinski definition) is 4. The van der Waals surface area contributed by atoms with Gasteiger partial charge in [0.25, 0.3) is 5.91 Å². The number of nitrogens with one attached hydrogen (secondary N) is 2. The fraction of sp³-hybridized carbons (Fsp3) is 0.375. The zero-order chi connectivity index (χ0) is 21.7. The van der Waals surface area contributed by atoms with Crippen molar-refractivity contribution in [2.75, 3.05) is 13.1 Å². The Kier molecular flexibility index (Phi) is 6.73. The summed E-state index contributed by atoms with van der Waals surface area (Å²) >= 11 is 0. The maximum absolute atomic E-state index is 12.9. The van der Waals surface area contributed by atoms with Crippen LogP contribution in [-0.4, -0.2) is 31.7 Å². The number of nitrogens with zero attached hydrogens (tertiary/aromatic N) is 1. The van der Waals surface area contributed by atoms with Crippen molar-refractivity contribution in [3.8, 4) is 0 Å². The van der Waals surface area contributed by atoms with E-state index in [0.29, 0.717) is 24.6 Å². The van der Waals surface area contributed by atoms with E-state index in [1.54, 1.807) is 18.2 Å². The van der Waals surface area contributed by atoms with Crippen molar-refractivity contribution in [3.63, 3.8) is 0 Å². The standard InChI is InChI=1S/C24H29N3O3S/c28-24(26-25-22-14-12-20(13-15-22)19-8-3-1-4-9-19)21-10-7-11-23(18-21)31(29,30)27-16-5-2-6-17-27/h1,3-4,7-11,14,18,20,25H,2,5-6,12-13,15-17H2,(H,26,28)/t20-/m1/s1. The van der Waals surface area contributed by atoms with Gasteiger partial charge in [-0.2, -0.15) is 4.31 Å². The molecule has 7 heteroatoms. The fourth-order valence-corrected chi connectivity index (χ4v) is 5.80. The van der Waals surface area contributed by atoms with Crippen molar-refractivity contribution in [1.29, 1.82) is 0 Å². The molecule has 4 rings (SSSR count). The number of amides is 1. The molecule has 1 amide bonds. The lowest BCUT2D eigenvalue weighted by molar-refractivity contribution is 0.0937. The van der Waals surface area contributed by atoms with Crippen LogP contribution in [0.3, 0.4) is 0 Å². The third kappa shape index (κ3) is 5.17. The highest BCUT2D eigenvalue weighted by molar-refractivity contribution is 7.89. The molecule has 1 fully saturated rings. The number of rotatable bonds is 6. The van der Waals surface area contributed by atoms with E-state index in [4.69, 9.17) is 0 Å². The lowest BCUT2D eigenvalue weighted by atomic mass is 9.87. The van der Waals surface area contributed by atoms with Crippen LogP contribution in [0.25, 0.3) is 0 Å². The van der Waals surface area contributed by atoms with Crippen molar-refractivity contribution < 1.29 is 13.2 Å². The molecule has 0 bridgehead atoms. The van der Waals surface area contributed by atoms with Crippen molar-refractivity contribution in [1.82, 2.24) is 15.2 Å². The van der Waals surface area contributed by atoms with Gasteiger partial charge in [0.2, 0.25) is 10.0 Å². The number of piperidine rings is 1. The lowest BCUT2D eigenvalue weighted by Gasteiger charge is -2.26. The van der Waals surface area contributed by atoms with Gasteiger partial charge >= 0.3 is 0 Å². The number of sulfonamides is 1. The van der Waals surface area contributed by atoms with Crippen LogP contribution in [0.5, 0.6) is 0 Å². The Morgan fingerprint density at radius 1 is 0.968 bits per heavy atom. The van der Waals surface area contributed by atoms with E-state index in [2.05, 4.69) is 41.2 Å². The molecule has 2 aromatic rings. The van der Waals surface area contributed by atoms with Gasteiger partial charge in [0.05, 0.1) is 4.90 Å². The first-order valence-electron chi connectivity index (χ1n) is 10.9. The molecular formula is C24H29N3O3S. The second-order valence-corrected chi connectivity index (χ2v) is 10.1. The van der Waals surface area contributed by atoms with E-state index < -0.39 is 10.0 Å². The summed E-state index contributed by atoms with van der Waals surface area (Å²) in [5.41, 5.74) is 8.38. The fourth-order valence-electron chi connectivity index (χ4n) is 4.24. The Balaban J connectivity index is 1.36. The number of allylic oxidation sites excluding steroid dienone is 2. The molecule has 2 aliphatic rings. The average molecular weight is 440 g/mol. The van der Waals surface area contributed by atoms with Crippen molar-refractivity contribution in [2.45, 2.75) is 49.3 Å². The molecule has 1 aliphatic heterocycles. The van der Waals surface area contributed by atoms with Crippen molar-refractivity contribution in [3.05, 3.63) is 77.5 Å². The summed E-state index contributed by atoms with van der Waals surface area (Å²) in [6.45, 7) is 1.08. The van der Waals surface area contributed by atoms with Crippen LogP contribution in [0.2, 0.25) is 0 Å². The molecule has 1 aliphatic carbocycles. The molecule has 1 saturated heterocycles. The average Bonchev–Trinajstić information content (AvgIpc) is 2.84. The lowest BCUT2D eigenvalue weighted by Crippen LogP contribution is -2.38. The topological polar surface area (TPSA) is 78.5 Å². The number of benzene rings is 2. The highest BCUT2D eigenvalue weighted by Gasteiger charge is 2.26. The molecule has 1 heterocycles. The molecule has 164 valence electrons. The molecule has 0 saturated carbocycles. The zero-order valence-corrected chi connectivity index (χ0v) is 18.4. The van der Waals surface area contributed by atoms with Gasteiger partial charge in [-0.1, -0.05) is 48.9 Å². The quantitative estimate of drug-likeness (QED) is 0.668. The minimum atomic E-state index is -3.56. The summed E-state index contributed by atoms with van der Waals surface area (Å²) in [6, 6.07) is 16.7. The first-order chi connectivity index (χ1) is 15.0. The monoisotopic (exact) mass is 439 g/mol. The van der Waals surface area contributed by atoms with Gasteiger partial charge in [0.15, 0.2) is 0 Å². The summed E-state index contributed by atoms with van der Waals surface area (Å²) in [7, 11) is -3.56. The van der Waals surface area contributed by atoms with Crippen LogP contribution >= 0.6 is 0 Å². The van der Waals surface area contributed by atoms with Gasteiger partial charge < -0.3 is 5.43 Å². The van der Waals surface area contributed by atoms with Gasteiger partial charge in [-0.05, 0) is 61.8 Å². The second-order valence-electron chi connectivity index (χ2n) is 8.18. The molecule has 1 atom stereocenters. The Morgan fingerprint density at radius 2 is 1.74 bits per heavy atom. The number of carbonyl (C=O) groups excluding carboxylic acids is 1. The SMILES string of the molecule is O=C(NNC1=CC[C@@H](c2ccccc2)CC1)c1cccc(S(=O)(=O)N2CCCCC2)c1. The van der Waals surface area contributed by atoms with Crippen LogP contribution in [0.4, 0.5) is 0 Å². The van der Waals surface area contributed by atoms with Gasteiger partial charge in [0.1, 0.15) is 0 Å². The normalized spacial score (nSPS) is 20.0. The second kappa shape index (κ2) is 9.66. The van der Waals surface area contributed by atoms with E-state index in [9.17, 15) is 13.2 Å². The largest absolute Gasteiger partial charge is 0.303 e. The van der Waals surface area contributed by atoms with E-state index in [1.165, 1.54) is 15.9 Å². The van der Waals surface area contributed by atoms with Crippen LogP contribution in [0.1, 0.15) is 60.4 Å². The summed E-state index contributed by atoms with van der Waals surface area (Å²) < 4.78 is 27.3. The zero-order valence-electron chi connectivity index (χ0n) is 17.6. The summed E-state index contributed by atoms with van der Waals surface area (Å²) in [5.74, 6) is 0.154. The Bertz CT molecular complexity index is 1040. The molecule has 2 N–H and O–H groups in total. The van der Waals surface area contributed by atoms with E-state index in [1.807, 2.05) is 6.07 Å². The minimum absolute atomic E-state index is 0.171. The van der Waals surface area contributed by atoms with Crippen LogP contribution in [0.15, 0.2) is 71.3 Å². The Labute approximate surface area is 184 Å². The minimum Gasteiger partial charge on any atom is -0.303 e. The van der Waals surface area contributed by atoms with Gasteiger partial charge in [-0.3, -0.25) is 10.2 Å². The van der Waals surface area contributed by atoms with Crippen LogP contribution in [0, 0.1) is 0 Å². The maximum Gasteiger partial charge on any atom is 0.269 e. The predicted octanol–water partition coefficient (Wildman–Crippen LogP) is 3.95. The third-order valence-electron chi connectivity index (χ3n) is 6.07. The number of hydrazine groups is 1. The molecule has 0 aromatic heterocycles. The van der Waals surface area contributed by atoms with Gasteiger partial charge in [-0.25, -0.2) is 8.42 Å². The molecule has 0 radical (unpaired) electrons. The Hall–Kier alpha value is -2.64. The molecule has 6 nitrogen and oxygen atoms in total. The molecule has 0 unspecified atom stereocenters. The Morgan fingerprint density at radius 3 is 2.45 bits per heavy atom. The van der Waals surface area contributed by atoms with Gasteiger partial charge in [-0.15, -0.1) is 0 Å². The van der Waals surface area contributed by atoms with Crippen molar-refractivity contribution >= 4 is 15.9 Å². The first-order valence-corrected chi connectivity index (χ1v) is 12.4. The van der Waals surface area contributed by atoms with Gasteiger partial charge in [0, 0.05) is 24.4 Å².